The SMILES string of the molecule is COc1cc2c(Oc3ccc(CC(=O)CCC4CCC4)c(Cl)c3)ncnc2cc1OCCCC(=O)N1CCC2(CC1)COC2. The average Bonchev–Trinajstić information content (AvgIpc) is 2.99. The minimum Gasteiger partial charge on any atom is -0.493 e. The Morgan fingerprint density at radius 1 is 1.07 bits per heavy atom. The number of methoxy groups -OCH3 is 1. The summed E-state index contributed by atoms with van der Waals surface area (Å²) in [5.74, 6) is 3.01. The molecule has 44 heavy (non-hydrogen) atoms. The molecule has 0 N–H and O–H groups in total. The van der Waals surface area contributed by atoms with Crippen LogP contribution in [-0.4, -0.2) is 66.6 Å². The van der Waals surface area contributed by atoms with Gasteiger partial charge in [0.1, 0.15) is 17.9 Å². The van der Waals surface area contributed by atoms with E-state index in [9.17, 15) is 9.59 Å². The number of aromatic nitrogens is 2. The largest absolute Gasteiger partial charge is 0.493 e. The monoisotopic (exact) mass is 621 g/mol. The van der Waals surface area contributed by atoms with Crippen LogP contribution in [0.4, 0.5) is 0 Å². The van der Waals surface area contributed by atoms with Gasteiger partial charge in [-0.1, -0.05) is 36.9 Å². The molecular weight excluding hydrogens is 582 g/mol. The highest BCUT2D eigenvalue weighted by atomic mass is 35.5. The minimum absolute atomic E-state index is 0.174. The van der Waals surface area contributed by atoms with Gasteiger partial charge in [0.2, 0.25) is 11.8 Å². The number of likely N-dealkylation sites (tertiary alicyclic amines) is 1. The van der Waals surface area contributed by atoms with Crippen molar-refractivity contribution in [2.24, 2.45) is 11.3 Å². The van der Waals surface area contributed by atoms with Crippen LogP contribution in [0.3, 0.4) is 0 Å². The van der Waals surface area contributed by atoms with Crippen molar-refractivity contribution in [3.05, 3.63) is 47.2 Å². The highest BCUT2D eigenvalue weighted by Gasteiger charge is 2.41. The van der Waals surface area contributed by atoms with E-state index in [2.05, 4.69) is 9.97 Å². The van der Waals surface area contributed by atoms with Gasteiger partial charge < -0.3 is 23.8 Å². The first kappa shape index (κ1) is 30.6. The highest BCUT2D eigenvalue weighted by Crippen LogP contribution is 2.39. The van der Waals surface area contributed by atoms with Crippen molar-refractivity contribution in [1.29, 1.82) is 0 Å². The number of rotatable bonds is 13. The second-order valence-corrected chi connectivity index (χ2v) is 12.8. The number of ether oxygens (including phenoxy) is 4. The second kappa shape index (κ2) is 13.7. The van der Waals surface area contributed by atoms with E-state index in [0.29, 0.717) is 82.7 Å². The first-order valence-corrected chi connectivity index (χ1v) is 16.1. The zero-order valence-electron chi connectivity index (χ0n) is 25.3. The van der Waals surface area contributed by atoms with E-state index < -0.39 is 0 Å². The smallest absolute Gasteiger partial charge is 0.230 e. The number of hydrogen-bond donors (Lipinski definition) is 0. The summed E-state index contributed by atoms with van der Waals surface area (Å²) in [4.78, 5) is 35.9. The lowest BCUT2D eigenvalue weighted by molar-refractivity contribution is -0.153. The van der Waals surface area contributed by atoms with Gasteiger partial charge in [0.15, 0.2) is 11.5 Å². The summed E-state index contributed by atoms with van der Waals surface area (Å²) in [5.41, 5.74) is 1.74. The lowest BCUT2D eigenvalue weighted by Gasteiger charge is -2.47. The first-order chi connectivity index (χ1) is 21.4. The Morgan fingerprint density at radius 2 is 1.89 bits per heavy atom. The fourth-order valence-corrected chi connectivity index (χ4v) is 6.40. The molecule has 1 spiro atoms. The van der Waals surface area contributed by atoms with Crippen molar-refractivity contribution in [3.63, 3.8) is 0 Å². The van der Waals surface area contributed by atoms with Crippen LogP contribution >= 0.6 is 11.6 Å². The summed E-state index contributed by atoms with van der Waals surface area (Å²) in [7, 11) is 1.57. The normalized spacial score (nSPS) is 17.6. The van der Waals surface area contributed by atoms with Crippen LogP contribution in [0, 0.1) is 11.3 Å². The van der Waals surface area contributed by atoms with Gasteiger partial charge in [0.05, 0.1) is 37.8 Å². The lowest BCUT2D eigenvalue weighted by atomic mass is 9.77. The molecule has 0 bridgehead atoms. The molecule has 3 heterocycles. The molecule has 0 unspecified atom stereocenters. The molecular formula is C34H40ClN3O6. The van der Waals surface area contributed by atoms with Crippen molar-refractivity contribution in [2.45, 2.75) is 64.2 Å². The fraction of sp³-hybridized carbons (Fsp3) is 0.529. The zero-order valence-corrected chi connectivity index (χ0v) is 26.1. The molecule has 6 rings (SSSR count). The van der Waals surface area contributed by atoms with E-state index in [1.165, 1.54) is 25.6 Å². The Bertz CT molecular complexity index is 1500. The van der Waals surface area contributed by atoms with Gasteiger partial charge in [-0.05, 0) is 55.4 Å². The van der Waals surface area contributed by atoms with Gasteiger partial charge >= 0.3 is 0 Å². The summed E-state index contributed by atoms with van der Waals surface area (Å²) in [5, 5.41) is 1.14. The number of hydrogen-bond acceptors (Lipinski definition) is 8. The van der Waals surface area contributed by atoms with Crippen LogP contribution in [-0.2, 0) is 20.7 Å². The standard InChI is InChI=1S/C34H40ClN3O6/c1-41-30-18-27-29(19-31(30)43-15-3-6-32(40)38-13-11-34(12-14-38)20-42-21-34)36-22-37-33(27)44-26-10-8-24(28(35)17-26)16-25(39)9-7-23-4-2-5-23/h8,10,17-19,22-23H,2-7,9,11-16,20-21H2,1H3. The van der Waals surface area contributed by atoms with Gasteiger partial charge in [-0.15, -0.1) is 0 Å². The number of halogens is 1. The minimum atomic E-state index is 0.174. The quantitative estimate of drug-likeness (QED) is 0.198. The van der Waals surface area contributed by atoms with Crippen LogP contribution in [0.25, 0.3) is 10.9 Å². The Morgan fingerprint density at radius 3 is 2.57 bits per heavy atom. The maximum absolute atomic E-state index is 12.7. The molecule has 1 saturated carbocycles. The summed E-state index contributed by atoms with van der Waals surface area (Å²) < 4.78 is 23.1. The van der Waals surface area contributed by atoms with E-state index in [1.807, 2.05) is 11.0 Å². The predicted octanol–water partition coefficient (Wildman–Crippen LogP) is 6.57. The van der Waals surface area contributed by atoms with E-state index >= 15 is 0 Å². The molecule has 9 nitrogen and oxygen atoms in total. The fourth-order valence-electron chi connectivity index (χ4n) is 6.16. The van der Waals surface area contributed by atoms with E-state index in [1.54, 1.807) is 31.4 Å². The van der Waals surface area contributed by atoms with E-state index in [4.69, 9.17) is 30.5 Å². The number of Topliss-reactive ketones (excluding diaryl/α,β-unsaturated/α-hetero) is 1. The van der Waals surface area contributed by atoms with Crippen molar-refractivity contribution < 1.29 is 28.5 Å². The Balaban J connectivity index is 1.04. The number of carbonyl (C=O) groups is 2. The van der Waals surface area contributed by atoms with Crippen molar-refractivity contribution in [3.8, 4) is 23.1 Å². The molecule has 0 radical (unpaired) electrons. The number of ketones is 1. The lowest BCUT2D eigenvalue weighted by Crippen LogP contribution is -2.52. The van der Waals surface area contributed by atoms with Gasteiger partial charge in [0, 0.05) is 48.9 Å². The third-order valence-electron chi connectivity index (χ3n) is 9.35. The van der Waals surface area contributed by atoms with Crippen LogP contribution in [0.1, 0.15) is 63.4 Å². The Kier molecular flexibility index (Phi) is 9.52. The summed E-state index contributed by atoms with van der Waals surface area (Å²) >= 11 is 6.54. The molecule has 3 aromatic rings. The number of benzene rings is 2. The molecule has 234 valence electrons. The van der Waals surface area contributed by atoms with Crippen molar-refractivity contribution in [1.82, 2.24) is 14.9 Å². The van der Waals surface area contributed by atoms with Gasteiger partial charge in [-0.2, -0.15) is 0 Å². The molecule has 2 aliphatic heterocycles. The molecule has 3 fully saturated rings. The highest BCUT2D eigenvalue weighted by molar-refractivity contribution is 6.31. The third kappa shape index (κ3) is 7.10. The van der Waals surface area contributed by atoms with E-state index in [-0.39, 0.29) is 11.7 Å². The molecule has 2 aromatic carbocycles. The topological polar surface area (TPSA) is 100 Å². The number of fused-ring (bicyclic) bond motifs is 1. The predicted molar refractivity (Wildman–Crippen MR) is 167 cm³/mol. The number of nitrogens with zero attached hydrogens (tertiary/aromatic N) is 3. The number of piperidine rings is 1. The van der Waals surface area contributed by atoms with Crippen molar-refractivity contribution in [2.75, 3.05) is 40.0 Å². The van der Waals surface area contributed by atoms with Crippen LogP contribution in [0.5, 0.6) is 23.1 Å². The van der Waals surface area contributed by atoms with Gasteiger partial charge in [-0.25, -0.2) is 9.97 Å². The Hall–Kier alpha value is -3.43. The molecule has 2 saturated heterocycles. The summed E-state index contributed by atoms with van der Waals surface area (Å²) in [6.45, 7) is 3.66. The van der Waals surface area contributed by atoms with Crippen molar-refractivity contribution >= 4 is 34.2 Å². The molecule has 1 aliphatic carbocycles. The van der Waals surface area contributed by atoms with Crippen LogP contribution in [0.2, 0.25) is 5.02 Å². The molecule has 10 heteroatoms. The number of amides is 1. The van der Waals surface area contributed by atoms with Gasteiger partial charge in [-0.3, -0.25) is 9.59 Å². The second-order valence-electron chi connectivity index (χ2n) is 12.4. The average molecular weight is 622 g/mol. The molecule has 1 aromatic heterocycles. The van der Waals surface area contributed by atoms with Crippen LogP contribution < -0.4 is 14.2 Å². The number of carbonyl (C=O) groups excluding carboxylic acids is 2. The van der Waals surface area contributed by atoms with Crippen LogP contribution in [0.15, 0.2) is 36.7 Å². The zero-order chi connectivity index (χ0) is 30.5. The summed E-state index contributed by atoms with van der Waals surface area (Å²) in [6, 6.07) is 8.93. The Labute approximate surface area is 263 Å². The maximum atomic E-state index is 12.7. The maximum Gasteiger partial charge on any atom is 0.230 e. The molecule has 1 amide bonds. The summed E-state index contributed by atoms with van der Waals surface area (Å²) in [6.07, 6.45) is 10.2. The first-order valence-electron chi connectivity index (χ1n) is 15.7. The van der Waals surface area contributed by atoms with E-state index in [0.717, 1.165) is 51.1 Å². The molecule has 3 aliphatic rings. The third-order valence-corrected chi connectivity index (χ3v) is 9.70. The van der Waals surface area contributed by atoms with Gasteiger partial charge in [0.25, 0.3) is 0 Å². The molecule has 0 atom stereocenters.